The molecule has 1 saturated heterocycles. The van der Waals surface area contributed by atoms with Gasteiger partial charge in [0, 0.05) is 30.9 Å². The molecule has 1 amide bonds. The van der Waals surface area contributed by atoms with Crippen LogP contribution in [0.2, 0.25) is 0 Å². The van der Waals surface area contributed by atoms with Crippen LogP contribution in [0.4, 0.5) is 5.82 Å². The Hall–Kier alpha value is -2.71. The normalized spacial score (nSPS) is 23.3. The Morgan fingerprint density at radius 1 is 1.26 bits per heavy atom. The van der Waals surface area contributed by atoms with Crippen LogP contribution in [0.15, 0.2) is 47.4 Å². The third-order valence-electron chi connectivity index (χ3n) is 6.08. The summed E-state index contributed by atoms with van der Waals surface area (Å²) >= 11 is 0. The molecule has 2 heterocycles. The number of methoxy groups -OCH3 is 1. The van der Waals surface area contributed by atoms with Gasteiger partial charge < -0.3 is 23.8 Å². The first-order valence-corrected chi connectivity index (χ1v) is 14.0. The van der Waals surface area contributed by atoms with Crippen LogP contribution in [-0.4, -0.2) is 64.2 Å². The zero-order valence-corrected chi connectivity index (χ0v) is 23.7. The SMILES string of the molecule is [2H]C([2H])([2H])O[C@@H]1[C@H](OP(OCCC#N)N(C(C)C)C(C)C)[C@@H](CC)O[C@H]1n1ccc(NC(=O)c2ccccc2)nc1=O. The van der Waals surface area contributed by atoms with Crippen LogP contribution < -0.4 is 11.0 Å². The lowest BCUT2D eigenvalue weighted by atomic mass is 10.1. The van der Waals surface area contributed by atoms with Crippen molar-refractivity contribution in [1.82, 2.24) is 14.2 Å². The first-order chi connectivity index (χ1) is 19.9. The second-order valence-electron chi connectivity index (χ2n) is 9.50. The second-order valence-corrected chi connectivity index (χ2v) is 10.9. The molecule has 39 heavy (non-hydrogen) atoms. The summed E-state index contributed by atoms with van der Waals surface area (Å²) in [5, 5.41) is 11.6. The quantitative estimate of drug-likeness (QED) is 0.278. The average Bonchev–Trinajstić information content (AvgIpc) is 3.24. The molecule has 0 spiro atoms. The van der Waals surface area contributed by atoms with Crippen LogP contribution >= 0.6 is 8.53 Å². The zero-order chi connectivity index (χ0) is 31.0. The van der Waals surface area contributed by atoms with Crippen molar-refractivity contribution < 1.29 is 27.4 Å². The summed E-state index contributed by atoms with van der Waals surface area (Å²) in [4.78, 5) is 29.7. The summed E-state index contributed by atoms with van der Waals surface area (Å²) in [5.41, 5.74) is -0.385. The smallest absolute Gasteiger partial charge is 0.351 e. The van der Waals surface area contributed by atoms with E-state index in [1.54, 1.807) is 30.3 Å². The predicted molar refractivity (Wildman–Crippen MR) is 148 cm³/mol. The molecule has 11 nitrogen and oxygen atoms in total. The molecular weight excluding hydrogens is 521 g/mol. The van der Waals surface area contributed by atoms with E-state index in [1.165, 1.54) is 12.3 Å². The number of carbonyl (C=O) groups excluding carboxylic acids is 1. The molecule has 1 N–H and O–H groups in total. The lowest BCUT2D eigenvalue weighted by Crippen LogP contribution is -2.40. The molecule has 0 aliphatic carbocycles. The molecule has 3 rings (SSSR count). The minimum absolute atomic E-state index is 0.00355. The van der Waals surface area contributed by atoms with Crippen LogP contribution in [0.1, 0.15) is 68.2 Å². The van der Waals surface area contributed by atoms with Crippen LogP contribution in [0.25, 0.3) is 0 Å². The standard InChI is InChI=1S/C27H38N5O6P/c1-7-21-23(38-39(36-17-11-15-28)32(18(2)3)19(4)5)24(35-6)26(37-21)31-16-14-22(30-27(31)34)29-25(33)20-12-9-8-10-13-20/h8-10,12-14,16,18-19,21,23-24,26H,7,11,17H2,1-6H3,(H,29,30,33,34)/t21-,23-,24-,26-,39?/m1/s1/i6D3. The summed E-state index contributed by atoms with van der Waals surface area (Å²) in [6.45, 7) is 9.90. The number of aromatic nitrogens is 2. The van der Waals surface area contributed by atoms with E-state index in [9.17, 15) is 9.59 Å². The van der Waals surface area contributed by atoms with E-state index in [2.05, 4.69) is 16.4 Å². The molecule has 12 heteroatoms. The predicted octanol–water partition coefficient (Wildman–Crippen LogP) is 4.48. The number of nitriles is 1. The minimum atomic E-state index is -2.84. The molecule has 1 aliphatic rings. The topological polar surface area (TPSA) is 128 Å². The summed E-state index contributed by atoms with van der Waals surface area (Å²) < 4.78 is 50.8. The Balaban J connectivity index is 1.94. The number of anilines is 1. The molecule has 1 aliphatic heterocycles. The second kappa shape index (κ2) is 14.6. The van der Waals surface area contributed by atoms with Gasteiger partial charge in [-0.05, 0) is 52.3 Å². The van der Waals surface area contributed by atoms with Gasteiger partial charge in [-0.2, -0.15) is 10.2 Å². The van der Waals surface area contributed by atoms with E-state index < -0.39 is 51.7 Å². The highest BCUT2D eigenvalue weighted by Crippen LogP contribution is 2.50. The van der Waals surface area contributed by atoms with E-state index >= 15 is 0 Å². The number of ether oxygens (including phenoxy) is 2. The molecule has 1 aromatic carbocycles. The molecule has 0 radical (unpaired) electrons. The van der Waals surface area contributed by atoms with Crippen molar-refractivity contribution in [3.63, 3.8) is 0 Å². The molecule has 2 aromatic rings. The maximum Gasteiger partial charge on any atom is 0.351 e. The largest absolute Gasteiger partial charge is 0.374 e. The number of nitrogens with zero attached hydrogens (tertiary/aromatic N) is 4. The fourth-order valence-electron chi connectivity index (χ4n) is 4.37. The van der Waals surface area contributed by atoms with Crippen LogP contribution in [0.5, 0.6) is 0 Å². The van der Waals surface area contributed by atoms with Crippen molar-refractivity contribution in [1.29, 1.82) is 5.26 Å². The van der Waals surface area contributed by atoms with E-state index in [4.69, 9.17) is 27.9 Å². The van der Waals surface area contributed by atoms with Crippen LogP contribution in [0.3, 0.4) is 0 Å². The van der Waals surface area contributed by atoms with Gasteiger partial charge in [0.2, 0.25) is 0 Å². The van der Waals surface area contributed by atoms with Crippen LogP contribution in [0, 0.1) is 11.3 Å². The Morgan fingerprint density at radius 3 is 2.56 bits per heavy atom. The lowest BCUT2D eigenvalue weighted by molar-refractivity contribution is -0.0538. The van der Waals surface area contributed by atoms with Crippen molar-refractivity contribution in [3.8, 4) is 6.07 Å². The van der Waals surface area contributed by atoms with Gasteiger partial charge in [-0.15, -0.1) is 0 Å². The number of benzene rings is 1. The van der Waals surface area contributed by atoms with Crippen molar-refractivity contribution in [2.45, 2.75) is 84.1 Å². The third-order valence-corrected chi connectivity index (χ3v) is 8.21. The van der Waals surface area contributed by atoms with E-state index in [1.807, 2.05) is 39.3 Å². The summed E-state index contributed by atoms with van der Waals surface area (Å²) in [6, 6.07) is 11.9. The molecule has 0 bridgehead atoms. The molecule has 1 unspecified atom stereocenters. The van der Waals surface area contributed by atoms with Crippen LogP contribution in [-0.2, 0) is 18.5 Å². The molecule has 5 atom stereocenters. The summed E-state index contributed by atoms with van der Waals surface area (Å²) in [5.74, 6) is -0.416. The van der Waals surface area contributed by atoms with Gasteiger partial charge in [0.1, 0.15) is 18.0 Å². The fourth-order valence-corrected chi connectivity index (χ4v) is 6.13. The number of amides is 1. The van der Waals surface area contributed by atoms with Gasteiger partial charge in [0.25, 0.3) is 14.4 Å². The monoisotopic (exact) mass is 562 g/mol. The molecular formula is C27H38N5O6P. The Kier molecular flexibility index (Phi) is 9.93. The lowest BCUT2D eigenvalue weighted by Gasteiger charge is -2.38. The van der Waals surface area contributed by atoms with Crippen molar-refractivity contribution >= 4 is 20.3 Å². The highest BCUT2D eigenvalue weighted by atomic mass is 31.2. The maximum absolute atomic E-state index is 13.2. The number of hydrogen-bond acceptors (Lipinski definition) is 9. The molecule has 1 fully saturated rings. The summed E-state index contributed by atoms with van der Waals surface area (Å²) in [7, 11) is -4.61. The number of carbonyl (C=O) groups is 1. The number of rotatable bonds is 13. The Morgan fingerprint density at radius 2 is 1.97 bits per heavy atom. The van der Waals surface area contributed by atoms with E-state index in [-0.39, 0.29) is 30.9 Å². The summed E-state index contributed by atoms with van der Waals surface area (Å²) in [6.07, 6.45) is -2.09. The van der Waals surface area contributed by atoms with Crippen molar-refractivity contribution in [2.24, 2.45) is 0 Å². The highest BCUT2D eigenvalue weighted by Gasteiger charge is 2.48. The Labute approximate surface area is 235 Å². The maximum atomic E-state index is 13.2. The first kappa shape index (κ1) is 26.5. The molecule has 1 aromatic heterocycles. The zero-order valence-electron chi connectivity index (χ0n) is 25.8. The van der Waals surface area contributed by atoms with Gasteiger partial charge >= 0.3 is 5.69 Å². The number of nitrogens with one attached hydrogen (secondary N) is 1. The van der Waals surface area contributed by atoms with Gasteiger partial charge in [0.05, 0.1) is 29.3 Å². The fraction of sp³-hybridized carbons (Fsp3) is 0.556. The Bertz CT molecular complexity index is 1270. The van der Waals surface area contributed by atoms with E-state index in [0.29, 0.717) is 12.0 Å². The first-order valence-electron chi connectivity index (χ1n) is 14.4. The molecule has 212 valence electrons. The third kappa shape index (κ3) is 7.70. The van der Waals surface area contributed by atoms with Crippen molar-refractivity contribution in [3.05, 3.63) is 58.6 Å². The van der Waals surface area contributed by atoms with Gasteiger partial charge in [0.15, 0.2) is 6.23 Å². The highest BCUT2D eigenvalue weighted by molar-refractivity contribution is 7.44. The van der Waals surface area contributed by atoms with Gasteiger partial charge in [-0.25, -0.2) is 9.46 Å². The van der Waals surface area contributed by atoms with Gasteiger partial charge in [-0.3, -0.25) is 9.36 Å². The van der Waals surface area contributed by atoms with Crippen molar-refractivity contribution in [2.75, 3.05) is 19.0 Å². The van der Waals surface area contributed by atoms with E-state index in [0.717, 1.165) is 4.57 Å². The minimum Gasteiger partial charge on any atom is -0.374 e. The number of hydrogen-bond donors (Lipinski definition) is 1. The van der Waals surface area contributed by atoms with Gasteiger partial charge in [-0.1, -0.05) is 25.1 Å². The molecule has 0 saturated carbocycles. The average molecular weight is 563 g/mol.